The number of halogens is 1. The minimum absolute atomic E-state index is 0.0741. The van der Waals surface area contributed by atoms with Gasteiger partial charge < -0.3 is 5.32 Å². The molecule has 2 aromatic carbocycles. The molecule has 1 saturated carbocycles. The molecule has 0 spiro atoms. The second-order valence-electron chi connectivity index (χ2n) is 7.44. The van der Waals surface area contributed by atoms with Gasteiger partial charge in [0.25, 0.3) is 0 Å². The first-order chi connectivity index (χ1) is 13.9. The number of aliphatic imine (C=N–C) groups is 1. The van der Waals surface area contributed by atoms with Crippen molar-refractivity contribution in [3.8, 4) is 0 Å². The van der Waals surface area contributed by atoms with Crippen molar-refractivity contribution < 1.29 is 14.0 Å². The van der Waals surface area contributed by atoms with Crippen LogP contribution in [0.1, 0.15) is 30.4 Å². The fourth-order valence-electron chi connectivity index (χ4n) is 3.36. The highest BCUT2D eigenvalue weighted by molar-refractivity contribution is 8.15. The SMILES string of the molecule is Cc1cccc(C)c1NC(=O)C[C@@H]1SC(=Nc2ccc(F)cc2)N(C2CC2)C1=O. The number of amides is 2. The van der Waals surface area contributed by atoms with Gasteiger partial charge in [-0.2, -0.15) is 0 Å². The molecule has 29 heavy (non-hydrogen) atoms. The summed E-state index contributed by atoms with van der Waals surface area (Å²) in [5.41, 5.74) is 3.36. The van der Waals surface area contributed by atoms with Gasteiger partial charge in [0, 0.05) is 18.2 Å². The summed E-state index contributed by atoms with van der Waals surface area (Å²) >= 11 is 1.31. The zero-order valence-corrected chi connectivity index (χ0v) is 17.1. The Kier molecular flexibility index (Phi) is 5.41. The van der Waals surface area contributed by atoms with E-state index in [1.165, 1.54) is 23.9 Å². The van der Waals surface area contributed by atoms with Crippen LogP contribution >= 0.6 is 11.8 Å². The van der Waals surface area contributed by atoms with Crippen LogP contribution in [0, 0.1) is 19.7 Å². The Morgan fingerprint density at radius 2 is 1.83 bits per heavy atom. The fraction of sp³-hybridized carbons (Fsp3) is 0.318. The van der Waals surface area contributed by atoms with Gasteiger partial charge in [0.05, 0.1) is 5.69 Å². The first kappa shape index (κ1) is 19.6. The van der Waals surface area contributed by atoms with Gasteiger partial charge >= 0.3 is 0 Å². The molecule has 1 aliphatic carbocycles. The van der Waals surface area contributed by atoms with Crippen LogP contribution in [0.5, 0.6) is 0 Å². The fourth-order valence-corrected chi connectivity index (χ4v) is 4.57. The van der Waals surface area contributed by atoms with Gasteiger partial charge in [0.15, 0.2) is 5.17 Å². The lowest BCUT2D eigenvalue weighted by Crippen LogP contribution is -2.35. The van der Waals surface area contributed by atoms with Crippen molar-refractivity contribution in [3.63, 3.8) is 0 Å². The Labute approximate surface area is 173 Å². The average Bonchev–Trinajstić information content (AvgIpc) is 3.46. The lowest BCUT2D eigenvalue weighted by Gasteiger charge is -2.15. The van der Waals surface area contributed by atoms with Gasteiger partial charge in [-0.25, -0.2) is 9.38 Å². The minimum atomic E-state index is -0.501. The molecule has 0 aromatic heterocycles. The normalized spacial score (nSPS) is 20.4. The van der Waals surface area contributed by atoms with Gasteiger partial charge in [0.2, 0.25) is 11.8 Å². The van der Waals surface area contributed by atoms with E-state index in [9.17, 15) is 14.0 Å². The Balaban J connectivity index is 1.50. The zero-order valence-electron chi connectivity index (χ0n) is 16.3. The van der Waals surface area contributed by atoms with Crippen LogP contribution in [-0.2, 0) is 9.59 Å². The summed E-state index contributed by atoms with van der Waals surface area (Å²) in [5, 5.41) is 3.04. The molecule has 2 aromatic rings. The van der Waals surface area contributed by atoms with Gasteiger partial charge in [-0.05, 0) is 62.1 Å². The summed E-state index contributed by atoms with van der Waals surface area (Å²) in [6, 6.07) is 11.8. The third-order valence-corrected chi connectivity index (χ3v) is 6.20. The quantitative estimate of drug-likeness (QED) is 0.784. The standard InChI is InChI=1S/C22H22FN3O2S/c1-13-4-3-5-14(2)20(13)25-19(27)12-18-21(28)26(17-10-11-17)22(29-18)24-16-8-6-15(23)7-9-16/h3-9,17-18H,10-12H2,1-2H3,(H,25,27)/t18-/m0/s1. The van der Waals surface area contributed by atoms with E-state index in [2.05, 4.69) is 10.3 Å². The van der Waals surface area contributed by atoms with Crippen LogP contribution < -0.4 is 5.32 Å². The number of para-hydroxylation sites is 1. The van der Waals surface area contributed by atoms with E-state index < -0.39 is 5.25 Å². The summed E-state index contributed by atoms with van der Waals surface area (Å²) in [6.45, 7) is 3.89. The lowest BCUT2D eigenvalue weighted by atomic mass is 10.1. The Morgan fingerprint density at radius 3 is 2.45 bits per heavy atom. The average molecular weight is 412 g/mol. The molecule has 2 fully saturated rings. The molecule has 2 aliphatic rings. The molecule has 1 atom stereocenters. The van der Waals surface area contributed by atoms with Gasteiger partial charge in [-0.1, -0.05) is 30.0 Å². The number of nitrogens with one attached hydrogen (secondary N) is 1. The maximum Gasteiger partial charge on any atom is 0.242 e. The third-order valence-electron chi connectivity index (χ3n) is 5.05. The molecule has 1 saturated heterocycles. The smallest absolute Gasteiger partial charge is 0.242 e. The van der Waals surface area contributed by atoms with Crippen molar-refractivity contribution in [2.45, 2.75) is 44.4 Å². The van der Waals surface area contributed by atoms with Crippen LogP contribution in [0.15, 0.2) is 47.5 Å². The summed E-state index contributed by atoms with van der Waals surface area (Å²) in [4.78, 5) is 31.8. The van der Waals surface area contributed by atoms with Gasteiger partial charge in [0.1, 0.15) is 11.1 Å². The Bertz CT molecular complexity index is 966. The molecule has 5 nitrogen and oxygen atoms in total. The van der Waals surface area contributed by atoms with E-state index in [0.29, 0.717) is 10.9 Å². The molecule has 7 heteroatoms. The van der Waals surface area contributed by atoms with Crippen molar-refractivity contribution in [2.75, 3.05) is 5.32 Å². The number of rotatable bonds is 5. The number of aryl methyl sites for hydroxylation is 2. The summed E-state index contributed by atoms with van der Waals surface area (Å²) < 4.78 is 13.2. The van der Waals surface area contributed by atoms with E-state index in [0.717, 1.165) is 29.7 Å². The van der Waals surface area contributed by atoms with Crippen molar-refractivity contribution >= 4 is 40.1 Å². The molecule has 1 N–H and O–H groups in total. The number of nitrogens with zero attached hydrogens (tertiary/aromatic N) is 2. The zero-order chi connectivity index (χ0) is 20.5. The number of benzene rings is 2. The number of amidine groups is 1. The van der Waals surface area contributed by atoms with E-state index in [1.54, 1.807) is 17.0 Å². The summed E-state index contributed by atoms with van der Waals surface area (Å²) in [7, 11) is 0. The maximum atomic E-state index is 13.2. The van der Waals surface area contributed by atoms with E-state index in [-0.39, 0.29) is 30.1 Å². The molecule has 0 radical (unpaired) electrons. The van der Waals surface area contributed by atoms with Crippen molar-refractivity contribution in [2.24, 2.45) is 4.99 Å². The van der Waals surface area contributed by atoms with Crippen LogP contribution in [0.2, 0.25) is 0 Å². The van der Waals surface area contributed by atoms with Gasteiger partial charge in [-0.15, -0.1) is 0 Å². The molecular weight excluding hydrogens is 389 g/mol. The number of hydrogen-bond acceptors (Lipinski definition) is 4. The highest BCUT2D eigenvalue weighted by Crippen LogP contribution is 2.39. The highest BCUT2D eigenvalue weighted by atomic mass is 32.2. The van der Waals surface area contributed by atoms with Crippen LogP contribution in [0.3, 0.4) is 0 Å². The summed E-state index contributed by atoms with van der Waals surface area (Å²) in [6.07, 6.45) is 1.97. The second kappa shape index (κ2) is 7.99. The number of carbonyl (C=O) groups excluding carboxylic acids is 2. The molecule has 4 rings (SSSR count). The van der Waals surface area contributed by atoms with E-state index in [4.69, 9.17) is 0 Å². The highest BCUT2D eigenvalue weighted by Gasteiger charge is 2.46. The predicted molar refractivity (Wildman–Crippen MR) is 114 cm³/mol. The topological polar surface area (TPSA) is 61.8 Å². The molecule has 0 unspecified atom stereocenters. The number of carbonyl (C=O) groups is 2. The van der Waals surface area contributed by atoms with Gasteiger partial charge in [-0.3, -0.25) is 14.5 Å². The van der Waals surface area contributed by atoms with E-state index in [1.807, 2.05) is 32.0 Å². The monoisotopic (exact) mass is 411 g/mol. The molecule has 0 bridgehead atoms. The third kappa shape index (κ3) is 4.34. The number of hydrogen-bond donors (Lipinski definition) is 1. The predicted octanol–water partition coefficient (Wildman–Crippen LogP) is 4.57. The van der Waals surface area contributed by atoms with Crippen molar-refractivity contribution in [3.05, 3.63) is 59.4 Å². The minimum Gasteiger partial charge on any atom is -0.326 e. The lowest BCUT2D eigenvalue weighted by molar-refractivity contribution is -0.128. The molecule has 150 valence electrons. The Hall–Kier alpha value is -2.67. The molecular formula is C22H22FN3O2S. The molecule has 1 aliphatic heterocycles. The molecule has 2 amide bonds. The largest absolute Gasteiger partial charge is 0.326 e. The first-order valence-electron chi connectivity index (χ1n) is 9.62. The molecule has 1 heterocycles. The van der Waals surface area contributed by atoms with E-state index >= 15 is 0 Å². The summed E-state index contributed by atoms with van der Waals surface area (Å²) in [5.74, 6) is -0.591. The number of thioether (sulfide) groups is 1. The van der Waals surface area contributed by atoms with Crippen LogP contribution in [-0.4, -0.2) is 33.2 Å². The van der Waals surface area contributed by atoms with Crippen molar-refractivity contribution in [1.82, 2.24) is 4.90 Å². The Morgan fingerprint density at radius 1 is 1.17 bits per heavy atom. The first-order valence-corrected chi connectivity index (χ1v) is 10.5. The second-order valence-corrected chi connectivity index (χ2v) is 8.61. The number of anilines is 1. The maximum absolute atomic E-state index is 13.2. The van der Waals surface area contributed by atoms with Crippen molar-refractivity contribution in [1.29, 1.82) is 0 Å². The van der Waals surface area contributed by atoms with Crippen LogP contribution in [0.25, 0.3) is 0 Å². The van der Waals surface area contributed by atoms with Crippen LogP contribution in [0.4, 0.5) is 15.8 Å².